The van der Waals surface area contributed by atoms with Gasteiger partial charge in [-0.25, -0.2) is 4.98 Å². The van der Waals surface area contributed by atoms with Crippen LogP contribution in [0.5, 0.6) is 0 Å². The van der Waals surface area contributed by atoms with Gasteiger partial charge < -0.3 is 5.32 Å². The molecule has 0 aliphatic heterocycles. The average molecular weight is 386 g/mol. The number of nitrogens with zero attached hydrogens (tertiary/aromatic N) is 4. The van der Waals surface area contributed by atoms with E-state index in [0.717, 1.165) is 27.5 Å². The van der Waals surface area contributed by atoms with Crippen LogP contribution in [-0.2, 0) is 6.54 Å². The third-order valence-corrected chi connectivity index (χ3v) is 5.20. The lowest BCUT2D eigenvalue weighted by Gasteiger charge is -2.05. The van der Waals surface area contributed by atoms with Gasteiger partial charge >= 0.3 is 0 Å². The van der Waals surface area contributed by atoms with Gasteiger partial charge in [0.2, 0.25) is 0 Å². The van der Waals surface area contributed by atoms with Crippen LogP contribution in [0.4, 0.5) is 0 Å². The number of rotatable bonds is 4. The zero-order chi connectivity index (χ0) is 18.8. The van der Waals surface area contributed by atoms with Crippen molar-refractivity contribution < 1.29 is 4.79 Å². The van der Waals surface area contributed by atoms with E-state index in [1.165, 1.54) is 11.3 Å². The SMILES string of the molecule is CNC(=O)c1csc(Cn2nc(C)c(-c3ccc(C#N)c(Cl)c3)c2C)n1. The maximum absolute atomic E-state index is 11.6. The Morgan fingerprint density at radius 3 is 2.85 bits per heavy atom. The molecule has 0 aliphatic rings. The molecule has 8 heteroatoms. The van der Waals surface area contributed by atoms with E-state index >= 15 is 0 Å². The maximum atomic E-state index is 11.6. The molecule has 0 unspecified atom stereocenters. The van der Waals surface area contributed by atoms with Crippen LogP contribution in [0, 0.1) is 25.2 Å². The quantitative estimate of drug-likeness (QED) is 0.744. The predicted molar refractivity (Wildman–Crippen MR) is 101 cm³/mol. The summed E-state index contributed by atoms with van der Waals surface area (Å²) in [7, 11) is 1.58. The number of hydrogen-bond acceptors (Lipinski definition) is 5. The largest absolute Gasteiger partial charge is 0.354 e. The summed E-state index contributed by atoms with van der Waals surface area (Å²) in [5, 5.41) is 19.2. The zero-order valence-corrected chi connectivity index (χ0v) is 16.1. The summed E-state index contributed by atoms with van der Waals surface area (Å²) in [5.41, 5.74) is 4.60. The highest BCUT2D eigenvalue weighted by molar-refractivity contribution is 7.09. The first-order valence-corrected chi connectivity index (χ1v) is 9.11. The minimum atomic E-state index is -0.200. The summed E-state index contributed by atoms with van der Waals surface area (Å²) >= 11 is 7.60. The van der Waals surface area contributed by atoms with Gasteiger partial charge in [0.05, 0.1) is 22.8 Å². The third-order valence-electron chi connectivity index (χ3n) is 4.06. The Morgan fingerprint density at radius 2 is 2.19 bits per heavy atom. The van der Waals surface area contributed by atoms with E-state index in [2.05, 4.69) is 21.5 Å². The number of carbonyl (C=O) groups excluding carboxylic acids is 1. The second-order valence-electron chi connectivity index (χ2n) is 5.72. The fraction of sp³-hybridized carbons (Fsp3) is 0.222. The van der Waals surface area contributed by atoms with Crippen molar-refractivity contribution in [1.82, 2.24) is 20.1 Å². The molecule has 0 saturated heterocycles. The Hall–Kier alpha value is -2.69. The van der Waals surface area contributed by atoms with Gasteiger partial charge in [-0.05, 0) is 31.5 Å². The molecular formula is C18H16ClN5OS. The molecular weight excluding hydrogens is 370 g/mol. The minimum absolute atomic E-state index is 0.200. The van der Waals surface area contributed by atoms with E-state index in [0.29, 0.717) is 22.8 Å². The van der Waals surface area contributed by atoms with Crippen LogP contribution in [0.25, 0.3) is 11.1 Å². The summed E-state index contributed by atoms with van der Waals surface area (Å²) in [4.78, 5) is 16.0. The number of halogens is 1. The molecule has 0 atom stereocenters. The maximum Gasteiger partial charge on any atom is 0.270 e. The van der Waals surface area contributed by atoms with Crippen molar-refractivity contribution in [3.8, 4) is 17.2 Å². The Morgan fingerprint density at radius 1 is 1.42 bits per heavy atom. The first-order valence-electron chi connectivity index (χ1n) is 7.85. The van der Waals surface area contributed by atoms with Gasteiger partial charge in [-0.3, -0.25) is 9.48 Å². The first kappa shape index (κ1) is 18.1. The summed E-state index contributed by atoms with van der Waals surface area (Å²) in [6.45, 7) is 4.40. The molecule has 1 amide bonds. The fourth-order valence-corrected chi connectivity index (χ4v) is 3.75. The number of aromatic nitrogens is 3. The molecule has 3 rings (SSSR count). The number of benzene rings is 1. The number of nitriles is 1. The fourth-order valence-electron chi connectivity index (χ4n) is 2.77. The van der Waals surface area contributed by atoms with Crippen molar-refractivity contribution in [3.63, 3.8) is 0 Å². The van der Waals surface area contributed by atoms with Gasteiger partial charge in [-0.1, -0.05) is 17.7 Å². The highest BCUT2D eigenvalue weighted by Gasteiger charge is 2.16. The van der Waals surface area contributed by atoms with Crippen molar-refractivity contribution in [2.45, 2.75) is 20.4 Å². The van der Waals surface area contributed by atoms with Crippen molar-refractivity contribution in [1.29, 1.82) is 5.26 Å². The minimum Gasteiger partial charge on any atom is -0.354 e. The number of hydrogen-bond donors (Lipinski definition) is 1. The first-order chi connectivity index (χ1) is 12.4. The number of thiazole rings is 1. The van der Waals surface area contributed by atoms with Crippen molar-refractivity contribution >= 4 is 28.8 Å². The molecule has 1 N–H and O–H groups in total. The molecule has 6 nitrogen and oxygen atoms in total. The van der Waals surface area contributed by atoms with E-state index in [1.54, 1.807) is 24.6 Å². The molecule has 1 aromatic carbocycles. The topological polar surface area (TPSA) is 83.6 Å². The molecule has 26 heavy (non-hydrogen) atoms. The van der Waals surface area contributed by atoms with Crippen LogP contribution in [-0.4, -0.2) is 27.7 Å². The van der Waals surface area contributed by atoms with Crippen LogP contribution in [0.1, 0.15) is 32.4 Å². The van der Waals surface area contributed by atoms with Gasteiger partial charge in [0.1, 0.15) is 16.8 Å². The number of amides is 1. The average Bonchev–Trinajstić information content (AvgIpc) is 3.19. The molecule has 0 saturated carbocycles. The van der Waals surface area contributed by atoms with E-state index in [-0.39, 0.29) is 5.91 Å². The van der Waals surface area contributed by atoms with E-state index in [9.17, 15) is 4.79 Å². The van der Waals surface area contributed by atoms with Crippen molar-refractivity contribution in [3.05, 3.63) is 56.3 Å². The van der Waals surface area contributed by atoms with Crippen LogP contribution < -0.4 is 5.32 Å². The van der Waals surface area contributed by atoms with Gasteiger partial charge in [0, 0.05) is 23.7 Å². The summed E-state index contributed by atoms with van der Waals surface area (Å²) in [5.74, 6) is -0.200. The van der Waals surface area contributed by atoms with Crippen molar-refractivity contribution in [2.75, 3.05) is 7.05 Å². The number of carbonyl (C=O) groups is 1. The molecule has 0 radical (unpaired) electrons. The Kier molecular flexibility index (Phi) is 5.07. The molecule has 0 spiro atoms. The standard InChI is InChI=1S/C18H16ClN5OS/c1-10-17(12-4-5-13(7-20)14(19)6-12)11(2)24(23-10)8-16-22-15(9-26-16)18(25)21-3/h4-6,9H,8H2,1-3H3,(H,21,25). The van der Waals surface area contributed by atoms with E-state index in [4.69, 9.17) is 16.9 Å². The highest BCUT2D eigenvalue weighted by atomic mass is 35.5. The predicted octanol–water partition coefficient (Wildman–Crippen LogP) is 3.56. The Bertz CT molecular complexity index is 1030. The van der Waals surface area contributed by atoms with E-state index < -0.39 is 0 Å². The molecule has 2 aromatic heterocycles. The second-order valence-corrected chi connectivity index (χ2v) is 7.07. The van der Waals surface area contributed by atoms with Gasteiger partial charge in [-0.2, -0.15) is 10.4 Å². The Balaban J connectivity index is 1.93. The lowest BCUT2D eigenvalue weighted by atomic mass is 10.0. The van der Waals surface area contributed by atoms with Crippen LogP contribution in [0.2, 0.25) is 5.02 Å². The summed E-state index contributed by atoms with van der Waals surface area (Å²) in [6.07, 6.45) is 0. The molecule has 0 bridgehead atoms. The second kappa shape index (κ2) is 7.28. The summed E-state index contributed by atoms with van der Waals surface area (Å²) in [6, 6.07) is 7.44. The lowest BCUT2D eigenvalue weighted by Crippen LogP contribution is -2.18. The Labute approximate surface area is 160 Å². The molecule has 132 valence electrons. The smallest absolute Gasteiger partial charge is 0.270 e. The normalized spacial score (nSPS) is 10.6. The van der Waals surface area contributed by atoms with Gasteiger partial charge in [0.15, 0.2) is 0 Å². The van der Waals surface area contributed by atoms with Crippen LogP contribution in [0.15, 0.2) is 23.6 Å². The monoisotopic (exact) mass is 385 g/mol. The van der Waals surface area contributed by atoms with Gasteiger partial charge in [0.25, 0.3) is 5.91 Å². The zero-order valence-electron chi connectivity index (χ0n) is 14.5. The highest BCUT2D eigenvalue weighted by Crippen LogP contribution is 2.30. The molecule has 3 aromatic rings. The van der Waals surface area contributed by atoms with Crippen molar-refractivity contribution in [2.24, 2.45) is 0 Å². The number of nitrogens with one attached hydrogen (secondary N) is 1. The van der Waals surface area contributed by atoms with Crippen LogP contribution in [0.3, 0.4) is 0 Å². The number of aryl methyl sites for hydroxylation is 1. The third kappa shape index (κ3) is 3.34. The molecule has 0 fully saturated rings. The molecule has 2 heterocycles. The van der Waals surface area contributed by atoms with E-state index in [1.807, 2.05) is 24.6 Å². The summed E-state index contributed by atoms with van der Waals surface area (Å²) < 4.78 is 1.86. The lowest BCUT2D eigenvalue weighted by molar-refractivity contribution is 0.0958. The molecule has 0 aliphatic carbocycles. The van der Waals surface area contributed by atoms with Gasteiger partial charge in [-0.15, -0.1) is 11.3 Å². The van der Waals surface area contributed by atoms with Crippen LogP contribution >= 0.6 is 22.9 Å².